The maximum atomic E-state index is 13.3. The molecule has 4 rings (SSSR count). The number of aryl methyl sites for hydroxylation is 2. The van der Waals surface area contributed by atoms with Crippen LogP contribution in [0.15, 0.2) is 42.7 Å². The molecule has 0 unspecified atom stereocenters. The molecular weight excluding hydrogens is 426 g/mol. The smallest absolute Gasteiger partial charge is 0.280 e. The zero-order chi connectivity index (χ0) is 23.0. The Morgan fingerprint density at radius 3 is 2.28 bits per heavy atom. The number of benzene rings is 1. The number of halogens is 4. The van der Waals surface area contributed by atoms with Crippen molar-refractivity contribution in [2.75, 3.05) is 5.32 Å². The second kappa shape index (κ2) is 8.40. The Hall–Kier alpha value is -3.76. The standard InChI is InChI=1S/C21H19F4N7/c1-11-8-15(20(24)25)32(29-11)17-9-16(26-10-27-17)28-21-12(2)18(30-31(21)3)13-4-6-14(7-5-13)19(22)23/h4-10,19-20H,1-3H3,(H,26,27,28). The fraction of sp³-hybridized carbons (Fsp3) is 0.238. The van der Waals surface area contributed by atoms with E-state index in [-0.39, 0.29) is 17.1 Å². The van der Waals surface area contributed by atoms with Crippen LogP contribution in [0.1, 0.15) is 35.4 Å². The van der Waals surface area contributed by atoms with Crippen LogP contribution in [0.2, 0.25) is 0 Å². The summed E-state index contributed by atoms with van der Waals surface area (Å²) in [5, 5.41) is 11.7. The molecule has 0 amide bonds. The highest BCUT2D eigenvalue weighted by Crippen LogP contribution is 2.31. The number of alkyl halides is 4. The van der Waals surface area contributed by atoms with Gasteiger partial charge in [0.1, 0.15) is 23.7 Å². The maximum Gasteiger partial charge on any atom is 0.280 e. The Kier molecular flexibility index (Phi) is 5.64. The largest absolute Gasteiger partial charge is 0.325 e. The minimum atomic E-state index is -2.71. The highest BCUT2D eigenvalue weighted by molar-refractivity contribution is 5.71. The van der Waals surface area contributed by atoms with Crippen LogP contribution < -0.4 is 5.32 Å². The van der Waals surface area contributed by atoms with Gasteiger partial charge in [0, 0.05) is 29.8 Å². The van der Waals surface area contributed by atoms with Crippen LogP contribution in [0.5, 0.6) is 0 Å². The summed E-state index contributed by atoms with van der Waals surface area (Å²) in [6.07, 6.45) is -4.00. The Bertz CT molecular complexity index is 1250. The summed E-state index contributed by atoms with van der Waals surface area (Å²) in [4.78, 5) is 8.22. The lowest BCUT2D eigenvalue weighted by Gasteiger charge is -2.10. The van der Waals surface area contributed by atoms with Crippen molar-refractivity contribution in [1.29, 1.82) is 0 Å². The Morgan fingerprint density at radius 2 is 1.62 bits per heavy atom. The molecule has 0 spiro atoms. The first-order chi connectivity index (χ1) is 15.2. The zero-order valence-electron chi connectivity index (χ0n) is 17.4. The number of hydrogen-bond donors (Lipinski definition) is 1. The lowest BCUT2D eigenvalue weighted by Crippen LogP contribution is -2.07. The van der Waals surface area contributed by atoms with Gasteiger partial charge >= 0.3 is 0 Å². The van der Waals surface area contributed by atoms with E-state index in [1.54, 1.807) is 30.8 Å². The van der Waals surface area contributed by atoms with E-state index >= 15 is 0 Å². The van der Waals surface area contributed by atoms with Crippen LogP contribution in [-0.4, -0.2) is 29.5 Å². The Labute approximate surface area is 180 Å². The molecule has 0 aliphatic carbocycles. The van der Waals surface area contributed by atoms with E-state index in [2.05, 4.69) is 25.5 Å². The van der Waals surface area contributed by atoms with Crippen molar-refractivity contribution in [1.82, 2.24) is 29.5 Å². The SMILES string of the molecule is Cc1cc(C(F)F)n(-c2cc(Nc3c(C)c(-c4ccc(C(F)F)cc4)nn3C)ncn2)n1. The van der Waals surface area contributed by atoms with E-state index in [0.29, 0.717) is 28.6 Å². The third-order valence-electron chi connectivity index (χ3n) is 4.92. The number of rotatable bonds is 6. The molecule has 7 nitrogen and oxygen atoms in total. The predicted molar refractivity (Wildman–Crippen MR) is 110 cm³/mol. The van der Waals surface area contributed by atoms with Gasteiger partial charge in [0.2, 0.25) is 0 Å². The van der Waals surface area contributed by atoms with Crippen LogP contribution in [0.3, 0.4) is 0 Å². The van der Waals surface area contributed by atoms with Gasteiger partial charge in [-0.2, -0.15) is 10.2 Å². The van der Waals surface area contributed by atoms with Crippen molar-refractivity contribution in [3.8, 4) is 17.1 Å². The molecule has 0 bridgehead atoms. The average molecular weight is 445 g/mol. The van der Waals surface area contributed by atoms with Crippen LogP contribution in [0.4, 0.5) is 29.2 Å². The van der Waals surface area contributed by atoms with Gasteiger partial charge in [-0.05, 0) is 19.9 Å². The predicted octanol–water partition coefficient (Wildman–Crippen LogP) is 5.30. The molecule has 32 heavy (non-hydrogen) atoms. The van der Waals surface area contributed by atoms with E-state index in [4.69, 9.17) is 0 Å². The molecule has 11 heteroatoms. The first-order valence-electron chi connectivity index (χ1n) is 9.61. The normalized spacial score (nSPS) is 11.5. The molecule has 0 aliphatic heterocycles. The quantitative estimate of drug-likeness (QED) is 0.408. The van der Waals surface area contributed by atoms with Gasteiger partial charge in [-0.3, -0.25) is 4.68 Å². The number of hydrogen-bond acceptors (Lipinski definition) is 5. The molecule has 0 saturated carbocycles. The minimum Gasteiger partial charge on any atom is -0.325 e. The topological polar surface area (TPSA) is 73.5 Å². The summed E-state index contributed by atoms with van der Waals surface area (Å²) >= 11 is 0. The average Bonchev–Trinajstić information content (AvgIpc) is 3.29. The van der Waals surface area contributed by atoms with Crippen molar-refractivity contribution in [3.63, 3.8) is 0 Å². The third-order valence-corrected chi connectivity index (χ3v) is 4.92. The molecular formula is C21H19F4N7. The molecule has 0 fully saturated rings. The fourth-order valence-corrected chi connectivity index (χ4v) is 3.38. The summed E-state index contributed by atoms with van der Waals surface area (Å²) in [5.41, 5.74) is 2.18. The van der Waals surface area contributed by atoms with Gasteiger partial charge < -0.3 is 5.32 Å². The molecule has 1 aromatic carbocycles. The molecule has 3 aromatic heterocycles. The number of anilines is 2. The van der Waals surface area contributed by atoms with Crippen molar-refractivity contribution in [2.45, 2.75) is 26.7 Å². The summed E-state index contributed by atoms with van der Waals surface area (Å²) in [6.45, 7) is 3.46. The van der Waals surface area contributed by atoms with Crippen LogP contribution in [-0.2, 0) is 7.05 Å². The van der Waals surface area contributed by atoms with Gasteiger partial charge in [0.05, 0.1) is 11.4 Å². The van der Waals surface area contributed by atoms with Crippen LogP contribution in [0.25, 0.3) is 17.1 Å². The van der Waals surface area contributed by atoms with Crippen LogP contribution >= 0.6 is 0 Å². The van der Waals surface area contributed by atoms with E-state index in [9.17, 15) is 17.6 Å². The second-order valence-corrected chi connectivity index (χ2v) is 7.18. The van der Waals surface area contributed by atoms with Gasteiger partial charge in [-0.15, -0.1) is 0 Å². The molecule has 0 aliphatic rings. The molecule has 0 radical (unpaired) electrons. The van der Waals surface area contributed by atoms with Gasteiger partial charge in [-0.1, -0.05) is 24.3 Å². The summed E-state index contributed by atoms with van der Waals surface area (Å²) < 4.78 is 55.0. The number of nitrogens with one attached hydrogen (secondary N) is 1. The van der Waals surface area contributed by atoms with Crippen LogP contribution in [0, 0.1) is 13.8 Å². The molecule has 0 atom stereocenters. The van der Waals surface area contributed by atoms with Crippen molar-refractivity contribution in [3.05, 3.63) is 65.2 Å². The maximum absolute atomic E-state index is 13.3. The lowest BCUT2D eigenvalue weighted by molar-refractivity contribution is 0.142. The van der Waals surface area contributed by atoms with E-state index in [1.165, 1.54) is 30.6 Å². The first-order valence-corrected chi connectivity index (χ1v) is 9.61. The monoisotopic (exact) mass is 445 g/mol. The lowest BCUT2D eigenvalue weighted by atomic mass is 10.1. The molecule has 4 aromatic rings. The highest BCUT2D eigenvalue weighted by Gasteiger charge is 2.19. The Morgan fingerprint density at radius 1 is 0.906 bits per heavy atom. The summed E-state index contributed by atoms with van der Waals surface area (Å²) in [6, 6.07) is 8.72. The Balaban J connectivity index is 1.65. The molecule has 1 N–H and O–H groups in total. The van der Waals surface area contributed by atoms with E-state index in [0.717, 1.165) is 10.2 Å². The molecule has 166 valence electrons. The van der Waals surface area contributed by atoms with Gasteiger partial charge in [-0.25, -0.2) is 32.2 Å². The summed E-state index contributed by atoms with van der Waals surface area (Å²) in [7, 11) is 1.72. The third kappa shape index (κ3) is 4.05. The minimum absolute atomic E-state index is 0.0637. The van der Waals surface area contributed by atoms with Crippen molar-refractivity contribution < 1.29 is 17.6 Å². The number of aromatic nitrogens is 6. The fourth-order valence-electron chi connectivity index (χ4n) is 3.38. The summed E-state index contributed by atoms with van der Waals surface area (Å²) in [5.74, 6) is 1.15. The van der Waals surface area contributed by atoms with Gasteiger partial charge in [0.25, 0.3) is 12.9 Å². The zero-order valence-corrected chi connectivity index (χ0v) is 17.4. The van der Waals surface area contributed by atoms with Crippen molar-refractivity contribution >= 4 is 11.6 Å². The second-order valence-electron chi connectivity index (χ2n) is 7.18. The van der Waals surface area contributed by atoms with E-state index in [1.807, 2.05) is 6.92 Å². The van der Waals surface area contributed by atoms with Gasteiger partial charge in [0.15, 0.2) is 5.82 Å². The highest BCUT2D eigenvalue weighted by atomic mass is 19.3. The molecule has 3 heterocycles. The van der Waals surface area contributed by atoms with Crippen molar-refractivity contribution in [2.24, 2.45) is 7.05 Å². The molecule has 0 saturated heterocycles. The van der Waals surface area contributed by atoms with E-state index < -0.39 is 12.9 Å². The first kappa shape index (κ1) is 21.5. The number of nitrogens with zero attached hydrogens (tertiary/aromatic N) is 6.